The molecular weight excluding hydrogens is 380 g/mol. The third kappa shape index (κ3) is 6.10. The monoisotopic (exact) mass is 412 g/mol. The fraction of sp³-hybridized carbons (Fsp3) is 0.478. The van der Waals surface area contributed by atoms with E-state index in [2.05, 4.69) is 34.2 Å². The van der Waals surface area contributed by atoms with Gasteiger partial charge in [-0.05, 0) is 31.0 Å². The molecule has 3 rings (SSSR count). The van der Waals surface area contributed by atoms with Gasteiger partial charge in [-0.1, -0.05) is 25.1 Å². The first-order valence-electron chi connectivity index (χ1n) is 10.5. The van der Waals surface area contributed by atoms with Crippen LogP contribution in [-0.2, 0) is 11.3 Å². The van der Waals surface area contributed by atoms with Crippen molar-refractivity contribution in [1.29, 1.82) is 0 Å². The normalized spacial score (nSPS) is 16.4. The summed E-state index contributed by atoms with van der Waals surface area (Å²) in [4.78, 5) is 11.0. The summed E-state index contributed by atoms with van der Waals surface area (Å²) in [5.74, 6) is 3.32. The lowest BCUT2D eigenvalue weighted by Crippen LogP contribution is -2.41. The minimum Gasteiger partial charge on any atom is -0.490 e. The van der Waals surface area contributed by atoms with Crippen molar-refractivity contribution in [3.05, 3.63) is 48.2 Å². The molecule has 1 saturated heterocycles. The van der Waals surface area contributed by atoms with Gasteiger partial charge in [0.05, 0.1) is 13.2 Å². The van der Waals surface area contributed by atoms with Gasteiger partial charge in [0.1, 0.15) is 0 Å². The second kappa shape index (κ2) is 11.4. The second-order valence-electron chi connectivity index (χ2n) is 7.38. The van der Waals surface area contributed by atoms with E-state index in [9.17, 15) is 0 Å². The molecule has 2 heterocycles. The third-order valence-corrected chi connectivity index (χ3v) is 4.93. The van der Waals surface area contributed by atoms with Gasteiger partial charge < -0.3 is 24.4 Å². The van der Waals surface area contributed by atoms with Crippen LogP contribution >= 0.6 is 0 Å². The lowest BCUT2D eigenvalue weighted by Gasteiger charge is -2.24. The van der Waals surface area contributed by atoms with Gasteiger partial charge in [-0.2, -0.15) is 0 Å². The molecule has 1 N–H and O–H groups in total. The van der Waals surface area contributed by atoms with Crippen LogP contribution in [0.2, 0.25) is 0 Å². The molecule has 30 heavy (non-hydrogen) atoms. The Morgan fingerprint density at radius 1 is 1.27 bits per heavy atom. The molecule has 1 aromatic carbocycles. The highest BCUT2D eigenvalue weighted by atomic mass is 16.5. The van der Waals surface area contributed by atoms with Crippen molar-refractivity contribution in [3.63, 3.8) is 0 Å². The Hall–Kier alpha value is -2.80. The van der Waals surface area contributed by atoms with Gasteiger partial charge in [-0.15, -0.1) is 0 Å². The number of guanidine groups is 1. The number of hydrogen-bond donors (Lipinski definition) is 1. The molecule has 1 unspecified atom stereocenters. The van der Waals surface area contributed by atoms with Crippen LogP contribution in [-0.4, -0.2) is 56.3 Å². The van der Waals surface area contributed by atoms with Crippen molar-refractivity contribution in [2.45, 2.75) is 26.3 Å². The summed E-state index contributed by atoms with van der Waals surface area (Å²) < 4.78 is 17.4. The molecule has 0 radical (unpaired) electrons. The Morgan fingerprint density at radius 3 is 2.83 bits per heavy atom. The average Bonchev–Trinajstić information content (AvgIpc) is 3.27. The molecule has 7 heteroatoms. The molecule has 0 bridgehead atoms. The molecule has 1 fully saturated rings. The highest BCUT2D eigenvalue weighted by Gasteiger charge is 2.19. The van der Waals surface area contributed by atoms with Crippen LogP contribution in [0.1, 0.15) is 25.3 Å². The minimum absolute atomic E-state index is 0.547. The lowest BCUT2D eigenvalue weighted by atomic mass is 10.1. The molecule has 162 valence electrons. The number of benzene rings is 1. The van der Waals surface area contributed by atoms with Gasteiger partial charge in [0, 0.05) is 51.5 Å². The number of aliphatic imine (C=N–C) groups is 1. The summed E-state index contributed by atoms with van der Waals surface area (Å²) in [7, 11) is 3.85. The van der Waals surface area contributed by atoms with E-state index in [1.807, 2.05) is 36.4 Å². The molecule has 7 nitrogen and oxygen atoms in total. The molecular formula is C23H32N4O3. The van der Waals surface area contributed by atoms with Crippen LogP contribution < -0.4 is 14.8 Å². The molecule has 2 aromatic rings. The zero-order valence-electron chi connectivity index (χ0n) is 18.1. The predicted octanol–water partition coefficient (Wildman–Crippen LogP) is 3.71. The summed E-state index contributed by atoms with van der Waals surface area (Å²) in [6.07, 6.45) is 3.77. The number of pyridine rings is 1. The molecule has 1 aliphatic heterocycles. The number of aromatic nitrogens is 1. The van der Waals surface area contributed by atoms with E-state index in [4.69, 9.17) is 14.2 Å². The topological polar surface area (TPSA) is 68.2 Å². The number of nitrogens with zero attached hydrogens (tertiary/aromatic N) is 3. The van der Waals surface area contributed by atoms with Gasteiger partial charge in [0.2, 0.25) is 5.88 Å². The maximum absolute atomic E-state index is 6.13. The van der Waals surface area contributed by atoms with Crippen LogP contribution in [0.4, 0.5) is 0 Å². The van der Waals surface area contributed by atoms with Crippen molar-refractivity contribution in [3.8, 4) is 17.4 Å². The standard InChI is InChI=1S/C23H32N4O3/c1-4-13-29-20-9-5-6-10-21(20)30-22-19(8-7-12-25-22)15-26-23(24-2)27(3)16-18-11-14-28-17-18/h5-10,12,18H,4,11,13-17H2,1-3H3,(H,24,26). The largest absolute Gasteiger partial charge is 0.490 e. The summed E-state index contributed by atoms with van der Waals surface area (Å²) in [6.45, 7) is 5.87. The van der Waals surface area contributed by atoms with Crippen LogP contribution in [0, 0.1) is 5.92 Å². The predicted molar refractivity (Wildman–Crippen MR) is 118 cm³/mol. The Labute approximate surface area is 179 Å². The summed E-state index contributed by atoms with van der Waals surface area (Å²) in [6, 6.07) is 11.6. The zero-order valence-corrected chi connectivity index (χ0v) is 18.1. The number of ether oxygens (including phenoxy) is 3. The molecule has 0 aliphatic carbocycles. The Balaban J connectivity index is 1.65. The van der Waals surface area contributed by atoms with E-state index < -0.39 is 0 Å². The van der Waals surface area contributed by atoms with Gasteiger partial charge in [0.15, 0.2) is 17.5 Å². The molecule has 1 aromatic heterocycles. The Morgan fingerprint density at radius 2 is 2.10 bits per heavy atom. The van der Waals surface area contributed by atoms with Gasteiger partial charge in [0.25, 0.3) is 0 Å². The third-order valence-electron chi connectivity index (χ3n) is 4.93. The van der Waals surface area contributed by atoms with E-state index in [-0.39, 0.29) is 0 Å². The van der Waals surface area contributed by atoms with Gasteiger partial charge in [-0.25, -0.2) is 4.98 Å². The summed E-state index contributed by atoms with van der Waals surface area (Å²) >= 11 is 0. The zero-order chi connectivity index (χ0) is 21.2. The molecule has 0 spiro atoms. The number of rotatable bonds is 9. The maximum Gasteiger partial charge on any atom is 0.224 e. The SMILES string of the molecule is CCCOc1ccccc1Oc1ncccc1CNC(=NC)N(C)CC1CCOC1. The second-order valence-corrected chi connectivity index (χ2v) is 7.38. The number of nitrogens with one attached hydrogen (secondary N) is 1. The first-order chi connectivity index (χ1) is 14.7. The van der Waals surface area contributed by atoms with Crippen LogP contribution in [0.3, 0.4) is 0 Å². The van der Waals surface area contributed by atoms with Crippen LogP contribution in [0.5, 0.6) is 17.4 Å². The summed E-state index contributed by atoms with van der Waals surface area (Å²) in [5.41, 5.74) is 0.946. The van der Waals surface area contributed by atoms with Gasteiger partial charge in [-0.3, -0.25) is 4.99 Å². The van der Waals surface area contributed by atoms with Gasteiger partial charge >= 0.3 is 0 Å². The van der Waals surface area contributed by atoms with Crippen molar-refractivity contribution in [2.24, 2.45) is 10.9 Å². The minimum atomic E-state index is 0.547. The average molecular weight is 413 g/mol. The summed E-state index contributed by atoms with van der Waals surface area (Å²) in [5, 5.41) is 3.42. The Kier molecular flexibility index (Phi) is 8.32. The van der Waals surface area contributed by atoms with Crippen molar-refractivity contribution >= 4 is 5.96 Å². The van der Waals surface area contributed by atoms with Crippen LogP contribution in [0.25, 0.3) is 0 Å². The lowest BCUT2D eigenvalue weighted by molar-refractivity contribution is 0.181. The molecule has 1 atom stereocenters. The molecule has 0 saturated carbocycles. The molecule has 1 aliphatic rings. The van der Waals surface area contributed by atoms with E-state index in [1.54, 1.807) is 13.2 Å². The molecule has 0 amide bonds. The van der Waals surface area contributed by atoms with Crippen LogP contribution in [0.15, 0.2) is 47.6 Å². The first kappa shape index (κ1) is 21.9. The van der Waals surface area contributed by atoms with E-state index in [0.29, 0.717) is 30.7 Å². The number of para-hydroxylation sites is 2. The van der Waals surface area contributed by atoms with E-state index in [1.165, 1.54) is 0 Å². The highest BCUT2D eigenvalue weighted by molar-refractivity contribution is 5.79. The highest BCUT2D eigenvalue weighted by Crippen LogP contribution is 2.31. The Bertz CT molecular complexity index is 822. The fourth-order valence-electron chi connectivity index (χ4n) is 3.38. The number of hydrogen-bond acceptors (Lipinski definition) is 5. The fourth-order valence-corrected chi connectivity index (χ4v) is 3.38. The van der Waals surface area contributed by atoms with E-state index in [0.717, 1.165) is 49.9 Å². The maximum atomic E-state index is 6.13. The first-order valence-corrected chi connectivity index (χ1v) is 10.5. The smallest absolute Gasteiger partial charge is 0.224 e. The van der Waals surface area contributed by atoms with E-state index >= 15 is 0 Å². The van der Waals surface area contributed by atoms with Crippen molar-refractivity contribution < 1.29 is 14.2 Å². The van der Waals surface area contributed by atoms with Crippen molar-refractivity contribution in [1.82, 2.24) is 15.2 Å². The van der Waals surface area contributed by atoms with Crippen molar-refractivity contribution in [2.75, 3.05) is 40.5 Å². The quantitative estimate of drug-likeness (QED) is 0.500.